The normalized spacial score (nSPS) is 11.4. The predicted molar refractivity (Wildman–Crippen MR) is 65.6 cm³/mol. The number of methoxy groups -OCH3 is 1. The van der Waals surface area contributed by atoms with Gasteiger partial charge in [-0.1, -0.05) is 5.16 Å². The molecule has 1 aromatic carbocycles. The fraction of sp³-hybridized carbons (Fsp3) is 0.333. The van der Waals surface area contributed by atoms with Crippen molar-refractivity contribution in [3.63, 3.8) is 0 Å². The molecule has 0 atom stereocenters. The van der Waals surface area contributed by atoms with Crippen LogP contribution in [0.1, 0.15) is 5.56 Å². The number of nitrogens with one attached hydrogen (secondary N) is 1. The maximum atomic E-state index is 11.8. The summed E-state index contributed by atoms with van der Waals surface area (Å²) < 4.78 is 40.3. The highest BCUT2D eigenvalue weighted by atomic mass is 19.4. The number of alkyl halides is 3. The van der Waals surface area contributed by atoms with E-state index in [1.54, 1.807) is 29.6 Å². The highest BCUT2D eigenvalue weighted by molar-refractivity contribution is 5.80. The van der Waals surface area contributed by atoms with Gasteiger partial charge in [-0.2, -0.15) is 13.2 Å². The summed E-state index contributed by atoms with van der Waals surface area (Å²) >= 11 is 0. The van der Waals surface area contributed by atoms with Crippen molar-refractivity contribution >= 4 is 12.1 Å². The Morgan fingerprint density at radius 1 is 1.35 bits per heavy atom. The fourth-order valence-electron chi connectivity index (χ4n) is 1.13. The average Bonchev–Trinajstić information content (AvgIpc) is 2.41. The summed E-state index contributed by atoms with van der Waals surface area (Å²) in [7, 11) is 1.53. The van der Waals surface area contributed by atoms with Gasteiger partial charge in [0, 0.05) is 0 Å². The van der Waals surface area contributed by atoms with Gasteiger partial charge in [-0.05, 0) is 29.8 Å². The second-order valence-electron chi connectivity index (χ2n) is 3.67. The van der Waals surface area contributed by atoms with E-state index in [1.807, 2.05) is 0 Å². The number of rotatable bonds is 6. The first-order valence-electron chi connectivity index (χ1n) is 5.53. The Kier molecular flexibility index (Phi) is 5.82. The quantitative estimate of drug-likeness (QED) is 0.641. The van der Waals surface area contributed by atoms with Crippen molar-refractivity contribution in [3.8, 4) is 5.75 Å². The van der Waals surface area contributed by atoms with Crippen molar-refractivity contribution in [3.05, 3.63) is 29.8 Å². The molecule has 20 heavy (non-hydrogen) atoms. The summed E-state index contributed by atoms with van der Waals surface area (Å²) in [6.07, 6.45) is -3.11. The predicted octanol–water partition coefficient (Wildman–Crippen LogP) is 1.72. The van der Waals surface area contributed by atoms with Crippen LogP contribution in [0.5, 0.6) is 5.75 Å². The molecule has 110 valence electrons. The fourth-order valence-corrected chi connectivity index (χ4v) is 1.13. The minimum Gasteiger partial charge on any atom is -0.497 e. The molecule has 0 saturated heterocycles. The smallest absolute Gasteiger partial charge is 0.405 e. The lowest BCUT2D eigenvalue weighted by atomic mass is 10.2. The number of oxime groups is 1. The molecule has 0 aromatic heterocycles. The van der Waals surface area contributed by atoms with E-state index in [0.717, 1.165) is 0 Å². The minimum absolute atomic E-state index is 0.581. The molecule has 1 rings (SSSR count). The Labute approximate surface area is 113 Å². The molecule has 0 aliphatic heterocycles. The van der Waals surface area contributed by atoms with Gasteiger partial charge in [0.2, 0.25) is 0 Å². The van der Waals surface area contributed by atoms with Crippen molar-refractivity contribution in [1.82, 2.24) is 5.32 Å². The van der Waals surface area contributed by atoms with Gasteiger partial charge in [0.15, 0.2) is 6.61 Å². The molecule has 1 N–H and O–H groups in total. The summed E-state index contributed by atoms with van der Waals surface area (Å²) in [5.74, 6) is -0.219. The molecule has 0 saturated carbocycles. The van der Waals surface area contributed by atoms with Crippen LogP contribution in [-0.2, 0) is 9.63 Å². The third kappa shape index (κ3) is 6.62. The molecule has 0 unspecified atom stereocenters. The van der Waals surface area contributed by atoms with Gasteiger partial charge in [-0.25, -0.2) is 0 Å². The summed E-state index contributed by atoms with van der Waals surface area (Å²) in [5, 5.41) is 5.13. The van der Waals surface area contributed by atoms with Crippen LogP contribution in [0.4, 0.5) is 13.2 Å². The lowest BCUT2D eigenvalue weighted by Gasteiger charge is -2.07. The van der Waals surface area contributed by atoms with E-state index in [1.165, 1.54) is 13.3 Å². The van der Waals surface area contributed by atoms with Crippen molar-refractivity contribution < 1.29 is 27.5 Å². The first-order valence-corrected chi connectivity index (χ1v) is 5.53. The van der Waals surface area contributed by atoms with Gasteiger partial charge >= 0.3 is 6.18 Å². The molecule has 0 heterocycles. The van der Waals surface area contributed by atoms with Crippen LogP contribution in [0, 0.1) is 0 Å². The van der Waals surface area contributed by atoms with E-state index >= 15 is 0 Å². The molecule has 0 fully saturated rings. The average molecular weight is 290 g/mol. The van der Waals surface area contributed by atoms with Crippen molar-refractivity contribution in [2.45, 2.75) is 6.18 Å². The Hall–Kier alpha value is -2.25. The number of amides is 1. The zero-order chi connectivity index (χ0) is 15.0. The maximum absolute atomic E-state index is 11.8. The number of hydrogen-bond donors (Lipinski definition) is 1. The maximum Gasteiger partial charge on any atom is 0.405 e. The van der Waals surface area contributed by atoms with Crippen molar-refractivity contribution in [2.75, 3.05) is 20.3 Å². The topological polar surface area (TPSA) is 59.9 Å². The monoisotopic (exact) mass is 290 g/mol. The van der Waals surface area contributed by atoms with E-state index in [0.29, 0.717) is 11.3 Å². The number of nitrogens with zero attached hydrogens (tertiary/aromatic N) is 1. The number of ether oxygens (including phenoxy) is 1. The zero-order valence-electron chi connectivity index (χ0n) is 10.6. The van der Waals surface area contributed by atoms with Crippen LogP contribution < -0.4 is 10.1 Å². The van der Waals surface area contributed by atoms with E-state index < -0.39 is 25.2 Å². The highest BCUT2D eigenvalue weighted by Gasteiger charge is 2.27. The van der Waals surface area contributed by atoms with E-state index in [2.05, 4.69) is 9.99 Å². The molecule has 0 bridgehead atoms. The number of hydrogen-bond acceptors (Lipinski definition) is 4. The standard InChI is InChI=1S/C12H13F3N2O3/c1-19-10-4-2-9(3-5-10)6-17-20-7-11(18)16-8-12(13,14)15/h2-6H,7-8H2,1H3,(H,16,18)/b17-6-. The number of carbonyl (C=O) groups excluding carboxylic acids is 1. The van der Waals surface area contributed by atoms with Gasteiger partial charge in [0.25, 0.3) is 5.91 Å². The van der Waals surface area contributed by atoms with Gasteiger partial charge in [0.1, 0.15) is 12.3 Å². The summed E-state index contributed by atoms with van der Waals surface area (Å²) in [6, 6.07) is 6.82. The molecule has 0 aliphatic rings. The molecule has 0 radical (unpaired) electrons. The summed E-state index contributed by atoms with van der Waals surface area (Å²) in [6.45, 7) is -1.97. The molecule has 1 amide bonds. The minimum atomic E-state index is -4.44. The first-order chi connectivity index (χ1) is 9.40. The lowest BCUT2D eigenvalue weighted by Crippen LogP contribution is -2.35. The Bertz CT molecular complexity index is 458. The molecular weight excluding hydrogens is 277 g/mol. The van der Waals surface area contributed by atoms with Crippen LogP contribution in [0.3, 0.4) is 0 Å². The summed E-state index contributed by atoms with van der Waals surface area (Å²) in [4.78, 5) is 15.5. The third-order valence-electron chi connectivity index (χ3n) is 2.07. The summed E-state index contributed by atoms with van der Waals surface area (Å²) in [5.41, 5.74) is 0.696. The number of carbonyl (C=O) groups is 1. The van der Waals surface area contributed by atoms with Crippen molar-refractivity contribution in [2.24, 2.45) is 5.16 Å². The molecular formula is C12H13F3N2O3. The SMILES string of the molecule is COc1ccc(/C=N\OCC(=O)NCC(F)(F)F)cc1. The van der Waals surface area contributed by atoms with Crippen LogP contribution in [0.25, 0.3) is 0 Å². The van der Waals surface area contributed by atoms with Crippen LogP contribution in [-0.4, -0.2) is 38.6 Å². The van der Waals surface area contributed by atoms with E-state index in [9.17, 15) is 18.0 Å². The Morgan fingerprint density at radius 2 is 2.00 bits per heavy atom. The zero-order valence-corrected chi connectivity index (χ0v) is 10.6. The molecule has 1 aromatic rings. The highest BCUT2D eigenvalue weighted by Crippen LogP contribution is 2.12. The second-order valence-corrected chi connectivity index (χ2v) is 3.67. The Balaban J connectivity index is 2.28. The van der Waals surface area contributed by atoms with Gasteiger partial charge in [-0.3, -0.25) is 4.79 Å². The van der Waals surface area contributed by atoms with Crippen LogP contribution in [0.15, 0.2) is 29.4 Å². The second kappa shape index (κ2) is 7.37. The lowest BCUT2D eigenvalue weighted by molar-refractivity contribution is -0.141. The Morgan fingerprint density at radius 3 is 2.55 bits per heavy atom. The number of benzene rings is 1. The molecule has 0 aliphatic carbocycles. The first kappa shape index (κ1) is 15.8. The molecule has 5 nitrogen and oxygen atoms in total. The largest absolute Gasteiger partial charge is 0.497 e. The van der Waals surface area contributed by atoms with E-state index in [-0.39, 0.29) is 0 Å². The third-order valence-corrected chi connectivity index (χ3v) is 2.07. The molecule has 8 heteroatoms. The van der Waals surface area contributed by atoms with Crippen LogP contribution in [0.2, 0.25) is 0 Å². The van der Waals surface area contributed by atoms with Gasteiger partial charge in [0.05, 0.1) is 13.3 Å². The van der Waals surface area contributed by atoms with Gasteiger partial charge in [-0.15, -0.1) is 0 Å². The van der Waals surface area contributed by atoms with Gasteiger partial charge < -0.3 is 14.9 Å². The van der Waals surface area contributed by atoms with E-state index in [4.69, 9.17) is 4.74 Å². The van der Waals surface area contributed by atoms with Crippen LogP contribution >= 0.6 is 0 Å². The molecule has 0 spiro atoms. The number of halogens is 3. The van der Waals surface area contributed by atoms with Crippen molar-refractivity contribution in [1.29, 1.82) is 0 Å².